The third kappa shape index (κ3) is 6.93. The van der Waals surface area contributed by atoms with Gasteiger partial charge >= 0.3 is 0 Å². The quantitative estimate of drug-likeness (QED) is 0.442. The number of thiophene rings is 1. The molecule has 0 amide bonds. The van der Waals surface area contributed by atoms with Crippen molar-refractivity contribution in [3.8, 4) is 0 Å². The van der Waals surface area contributed by atoms with Crippen molar-refractivity contribution in [1.82, 2.24) is 20.4 Å². The number of likely N-dealkylation sites (tertiary alicyclic amines) is 1. The van der Waals surface area contributed by atoms with Crippen LogP contribution < -0.4 is 10.6 Å². The second-order valence-electron chi connectivity index (χ2n) is 7.60. The summed E-state index contributed by atoms with van der Waals surface area (Å²) in [5, 5.41) is 9.17. The molecule has 29 heavy (non-hydrogen) atoms. The first-order valence-electron chi connectivity index (χ1n) is 10.9. The Hall–Kier alpha value is -1.19. The highest BCUT2D eigenvalue weighted by atomic mass is 32.1. The summed E-state index contributed by atoms with van der Waals surface area (Å²) in [6, 6.07) is 5.24. The molecule has 2 aliphatic rings. The average Bonchev–Trinajstić information content (AvgIpc) is 3.43. The van der Waals surface area contributed by atoms with Crippen LogP contribution in [0.1, 0.15) is 30.7 Å². The summed E-state index contributed by atoms with van der Waals surface area (Å²) < 4.78 is 10.8. The third-order valence-corrected chi connectivity index (χ3v) is 6.68. The Morgan fingerprint density at radius 2 is 2.21 bits per heavy atom. The van der Waals surface area contributed by atoms with Gasteiger partial charge in [0.15, 0.2) is 5.96 Å². The summed E-state index contributed by atoms with van der Waals surface area (Å²) >= 11 is 1.82. The van der Waals surface area contributed by atoms with Crippen molar-refractivity contribution in [2.24, 2.45) is 4.99 Å². The summed E-state index contributed by atoms with van der Waals surface area (Å²) in [5.41, 5.74) is 0. The van der Waals surface area contributed by atoms with Crippen LogP contribution in [-0.4, -0.2) is 94.5 Å². The van der Waals surface area contributed by atoms with Crippen molar-refractivity contribution in [3.05, 3.63) is 22.4 Å². The molecule has 8 heteroatoms. The van der Waals surface area contributed by atoms with Crippen LogP contribution in [0.25, 0.3) is 0 Å². The molecule has 7 nitrogen and oxygen atoms in total. The molecule has 2 aliphatic heterocycles. The Morgan fingerprint density at radius 3 is 2.93 bits per heavy atom. The van der Waals surface area contributed by atoms with E-state index in [0.29, 0.717) is 12.1 Å². The van der Waals surface area contributed by atoms with Crippen molar-refractivity contribution in [2.45, 2.75) is 31.8 Å². The lowest BCUT2D eigenvalue weighted by Crippen LogP contribution is -2.46. The molecule has 0 aromatic carbocycles. The fourth-order valence-electron chi connectivity index (χ4n) is 4.12. The highest BCUT2D eigenvalue weighted by Gasteiger charge is 2.25. The van der Waals surface area contributed by atoms with Gasteiger partial charge in [0.05, 0.1) is 32.4 Å². The molecule has 2 atom stereocenters. The number of hydrogen-bond donors (Lipinski definition) is 2. The molecule has 2 fully saturated rings. The van der Waals surface area contributed by atoms with Gasteiger partial charge in [-0.3, -0.25) is 14.8 Å². The lowest BCUT2D eigenvalue weighted by atomic mass is 10.2. The van der Waals surface area contributed by atoms with Gasteiger partial charge in [-0.15, -0.1) is 11.3 Å². The van der Waals surface area contributed by atoms with Crippen molar-refractivity contribution < 1.29 is 9.47 Å². The molecule has 0 spiro atoms. The van der Waals surface area contributed by atoms with Crippen molar-refractivity contribution >= 4 is 17.3 Å². The predicted molar refractivity (Wildman–Crippen MR) is 120 cm³/mol. The van der Waals surface area contributed by atoms with Crippen LogP contribution in [0.3, 0.4) is 0 Å². The minimum Gasteiger partial charge on any atom is -0.383 e. The molecule has 3 rings (SSSR count). The molecule has 2 saturated heterocycles. The van der Waals surface area contributed by atoms with Crippen LogP contribution in [0.15, 0.2) is 22.5 Å². The molecule has 1 aromatic heterocycles. The minimum atomic E-state index is 0.319. The second-order valence-corrected chi connectivity index (χ2v) is 8.58. The van der Waals surface area contributed by atoms with Gasteiger partial charge in [-0.05, 0) is 37.8 Å². The van der Waals surface area contributed by atoms with E-state index in [9.17, 15) is 0 Å². The normalized spacial score (nSPS) is 22.7. The summed E-state index contributed by atoms with van der Waals surface area (Å²) in [4.78, 5) is 11.4. The summed E-state index contributed by atoms with van der Waals surface area (Å²) in [7, 11) is 1.78. The number of nitrogens with one attached hydrogen (secondary N) is 2. The van der Waals surface area contributed by atoms with Gasteiger partial charge in [0, 0.05) is 50.8 Å². The lowest BCUT2D eigenvalue weighted by Gasteiger charge is -2.33. The molecule has 3 heterocycles. The van der Waals surface area contributed by atoms with Crippen LogP contribution in [0.2, 0.25) is 0 Å². The van der Waals surface area contributed by atoms with E-state index in [1.165, 1.54) is 24.3 Å². The number of aliphatic imine (C=N–C) groups is 1. The molecule has 1 aromatic rings. The SMILES string of the molecule is CCNC(=NCC(c1cccs1)N1CCOCC1)NCC1CCCN1CCOC. The molecule has 164 valence electrons. The van der Waals surface area contributed by atoms with E-state index in [-0.39, 0.29) is 0 Å². The first kappa shape index (κ1) is 22.5. The topological polar surface area (TPSA) is 61.4 Å². The molecular formula is C21H37N5O2S. The fourth-order valence-corrected chi connectivity index (χ4v) is 4.97. The number of ether oxygens (including phenoxy) is 2. The number of rotatable bonds is 10. The Kier molecular flexibility index (Phi) is 9.69. The minimum absolute atomic E-state index is 0.319. The highest BCUT2D eigenvalue weighted by Crippen LogP contribution is 2.26. The van der Waals surface area contributed by atoms with Crippen LogP contribution in [0.4, 0.5) is 0 Å². The summed E-state index contributed by atoms with van der Waals surface area (Å²) in [6.07, 6.45) is 2.50. The third-order valence-electron chi connectivity index (χ3n) is 5.71. The van der Waals surface area contributed by atoms with Crippen LogP contribution in [0.5, 0.6) is 0 Å². The number of nitrogens with zero attached hydrogens (tertiary/aromatic N) is 3. The van der Waals surface area contributed by atoms with Crippen molar-refractivity contribution in [1.29, 1.82) is 0 Å². The van der Waals surface area contributed by atoms with E-state index >= 15 is 0 Å². The van der Waals surface area contributed by atoms with Gasteiger partial charge in [-0.1, -0.05) is 6.07 Å². The monoisotopic (exact) mass is 423 g/mol. The number of guanidine groups is 1. The van der Waals surface area contributed by atoms with Crippen molar-refractivity contribution in [2.75, 3.05) is 72.7 Å². The van der Waals surface area contributed by atoms with Gasteiger partial charge in [0.1, 0.15) is 0 Å². The van der Waals surface area contributed by atoms with E-state index in [1.54, 1.807) is 7.11 Å². The Labute approximate surface area is 179 Å². The van der Waals surface area contributed by atoms with E-state index in [0.717, 1.165) is 65.0 Å². The molecule has 0 aliphatic carbocycles. The Morgan fingerprint density at radius 1 is 1.34 bits per heavy atom. The Bertz CT molecular complexity index is 592. The van der Waals surface area contributed by atoms with Gasteiger partial charge in [-0.25, -0.2) is 0 Å². The van der Waals surface area contributed by atoms with Crippen LogP contribution >= 0.6 is 11.3 Å². The largest absolute Gasteiger partial charge is 0.383 e. The predicted octanol–water partition coefficient (Wildman–Crippen LogP) is 1.79. The first-order chi connectivity index (χ1) is 14.3. The van der Waals surface area contributed by atoms with Crippen molar-refractivity contribution in [3.63, 3.8) is 0 Å². The molecular weight excluding hydrogens is 386 g/mol. The zero-order valence-corrected chi connectivity index (χ0v) is 18.8. The fraction of sp³-hybridized carbons (Fsp3) is 0.762. The van der Waals surface area contributed by atoms with E-state index in [4.69, 9.17) is 14.5 Å². The maximum atomic E-state index is 5.55. The smallest absolute Gasteiger partial charge is 0.191 e. The number of morpholine rings is 1. The maximum absolute atomic E-state index is 5.55. The lowest BCUT2D eigenvalue weighted by molar-refractivity contribution is 0.0186. The highest BCUT2D eigenvalue weighted by molar-refractivity contribution is 7.10. The zero-order chi connectivity index (χ0) is 20.3. The average molecular weight is 424 g/mol. The molecule has 2 unspecified atom stereocenters. The van der Waals surface area contributed by atoms with E-state index in [2.05, 4.69) is 44.9 Å². The van der Waals surface area contributed by atoms with Gasteiger partial charge < -0.3 is 20.1 Å². The van der Waals surface area contributed by atoms with Crippen LogP contribution in [-0.2, 0) is 9.47 Å². The standard InChI is InChI=1S/C21H37N5O2S/c1-3-22-21(23-16-18-6-4-8-25(18)9-12-27-2)24-17-19(20-7-5-15-29-20)26-10-13-28-14-11-26/h5,7,15,18-19H,3-4,6,8-14,16-17H2,1-2H3,(H2,22,23,24). The summed E-state index contributed by atoms with van der Waals surface area (Å²) in [6.45, 7) is 11.2. The zero-order valence-electron chi connectivity index (χ0n) is 17.9. The molecule has 2 N–H and O–H groups in total. The maximum Gasteiger partial charge on any atom is 0.191 e. The van der Waals surface area contributed by atoms with Gasteiger partial charge in [0.25, 0.3) is 0 Å². The molecule has 0 radical (unpaired) electrons. The van der Waals surface area contributed by atoms with Gasteiger partial charge in [-0.2, -0.15) is 0 Å². The van der Waals surface area contributed by atoms with Crippen LogP contribution in [0, 0.1) is 0 Å². The first-order valence-corrected chi connectivity index (χ1v) is 11.8. The summed E-state index contributed by atoms with van der Waals surface area (Å²) in [5.74, 6) is 0.918. The number of methoxy groups -OCH3 is 1. The molecule has 0 bridgehead atoms. The van der Waals surface area contributed by atoms with Gasteiger partial charge in [0.2, 0.25) is 0 Å². The molecule has 0 saturated carbocycles. The van der Waals surface area contributed by atoms with E-state index < -0.39 is 0 Å². The second kappa shape index (κ2) is 12.5. The Balaban J connectivity index is 1.59. The van der Waals surface area contributed by atoms with E-state index in [1.807, 2.05) is 11.3 Å². The number of hydrogen-bond acceptors (Lipinski definition) is 6.